The third kappa shape index (κ3) is 7.92. The number of ether oxygens (including phenoxy) is 1. The predicted octanol–water partition coefficient (Wildman–Crippen LogP) is 3.77. The van der Waals surface area contributed by atoms with E-state index in [1.807, 2.05) is 0 Å². The van der Waals surface area contributed by atoms with Gasteiger partial charge in [-0.25, -0.2) is 0 Å². The van der Waals surface area contributed by atoms with Crippen LogP contribution in [0.2, 0.25) is 0 Å². The van der Waals surface area contributed by atoms with Crippen LogP contribution in [0, 0.1) is 5.92 Å². The number of benzene rings is 1. The standard InChI is InChI=1S/C25H38N4O2S2/c30-24(23-17-33-18-26-23)28-22(11-8-19-4-2-1-3-5-19)25(32)27-21-9-6-20(7-10-21)16-29-12-14-31-15-13-29/h6-7,9-10,19,22-23,26H,1-5,8,11-18H2,(H,27,32)(H,28,30)/t22-,23+/m1/s1. The van der Waals surface area contributed by atoms with E-state index < -0.39 is 0 Å². The predicted molar refractivity (Wildman–Crippen MR) is 141 cm³/mol. The van der Waals surface area contributed by atoms with E-state index in [4.69, 9.17) is 17.0 Å². The Hall–Kier alpha value is -1.19. The van der Waals surface area contributed by atoms with Crippen molar-refractivity contribution >= 4 is 40.6 Å². The Labute approximate surface area is 208 Å². The fraction of sp³-hybridized carbons (Fsp3) is 0.680. The maximum Gasteiger partial charge on any atom is 0.238 e. The van der Waals surface area contributed by atoms with Crippen LogP contribution in [0.15, 0.2) is 24.3 Å². The van der Waals surface area contributed by atoms with Gasteiger partial charge in [0, 0.05) is 37.0 Å². The average Bonchev–Trinajstić information content (AvgIpc) is 3.39. The van der Waals surface area contributed by atoms with Crippen molar-refractivity contribution in [3.63, 3.8) is 0 Å². The lowest BCUT2D eigenvalue weighted by Crippen LogP contribution is -2.50. The lowest BCUT2D eigenvalue weighted by Gasteiger charge is -2.27. The summed E-state index contributed by atoms with van der Waals surface area (Å²) < 4.78 is 5.44. The molecule has 4 rings (SSSR count). The molecule has 3 fully saturated rings. The Balaban J connectivity index is 1.33. The number of thiocarbonyl (C=S) groups is 1. The summed E-state index contributed by atoms with van der Waals surface area (Å²) in [5, 5.41) is 9.93. The van der Waals surface area contributed by atoms with Gasteiger partial charge >= 0.3 is 0 Å². The molecule has 2 heterocycles. The largest absolute Gasteiger partial charge is 0.379 e. The van der Waals surface area contributed by atoms with Crippen molar-refractivity contribution in [1.29, 1.82) is 0 Å². The number of carbonyl (C=O) groups is 1. The fourth-order valence-corrected chi connectivity index (χ4v) is 6.16. The van der Waals surface area contributed by atoms with Crippen molar-refractivity contribution in [3.05, 3.63) is 29.8 Å². The Kier molecular flexibility index (Phi) is 9.85. The summed E-state index contributed by atoms with van der Waals surface area (Å²) in [5.74, 6) is 2.50. The number of hydrogen-bond acceptors (Lipinski definition) is 6. The second-order valence-electron chi connectivity index (χ2n) is 9.49. The molecule has 1 aliphatic carbocycles. The summed E-state index contributed by atoms with van der Waals surface area (Å²) in [6, 6.07) is 8.27. The Bertz CT molecular complexity index is 758. The second-order valence-corrected chi connectivity index (χ2v) is 11.0. The van der Waals surface area contributed by atoms with Crippen LogP contribution in [0.25, 0.3) is 0 Å². The lowest BCUT2D eigenvalue weighted by atomic mass is 9.85. The van der Waals surface area contributed by atoms with Gasteiger partial charge in [-0.1, -0.05) is 56.5 Å². The summed E-state index contributed by atoms with van der Waals surface area (Å²) in [7, 11) is 0. The van der Waals surface area contributed by atoms with E-state index in [-0.39, 0.29) is 18.0 Å². The molecule has 1 amide bonds. The summed E-state index contributed by atoms with van der Waals surface area (Å²) in [4.78, 5) is 15.9. The molecule has 8 heteroatoms. The Morgan fingerprint density at radius 3 is 2.64 bits per heavy atom. The van der Waals surface area contributed by atoms with Crippen molar-refractivity contribution < 1.29 is 9.53 Å². The quantitative estimate of drug-likeness (QED) is 0.456. The average molecular weight is 491 g/mol. The SMILES string of the molecule is O=C(N[C@H](CCC1CCCCC1)C(=S)Nc1ccc(CN2CCOCC2)cc1)[C@@H]1CSCN1. The smallest absolute Gasteiger partial charge is 0.238 e. The molecule has 0 spiro atoms. The zero-order chi connectivity index (χ0) is 22.9. The number of thioether (sulfide) groups is 1. The molecule has 0 radical (unpaired) electrons. The maximum absolute atomic E-state index is 12.8. The highest BCUT2D eigenvalue weighted by Gasteiger charge is 2.27. The Morgan fingerprint density at radius 1 is 1.18 bits per heavy atom. The highest BCUT2D eigenvalue weighted by molar-refractivity contribution is 7.99. The minimum absolute atomic E-state index is 0.0682. The van der Waals surface area contributed by atoms with Crippen molar-refractivity contribution in [2.24, 2.45) is 5.92 Å². The number of anilines is 1. The van der Waals surface area contributed by atoms with E-state index in [1.165, 1.54) is 37.7 Å². The molecular formula is C25H38N4O2S2. The molecule has 33 heavy (non-hydrogen) atoms. The molecule has 2 atom stereocenters. The minimum Gasteiger partial charge on any atom is -0.379 e. The topological polar surface area (TPSA) is 65.6 Å². The molecular weight excluding hydrogens is 452 g/mol. The summed E-state index contributed by atoms with van der Waals surface area (Å²) >= 11 is 7.58. The fourth-order valence-electron chi connectivity index (χ4n) is 4.92. The molecule has 3 aliphatic rings. The second kappa shape index (κ2) is 13.0. The molecule has 0 aromatic heterocycles. The molecule has 182 valence electrons. The highest BCUT2D eigenvalue weighted by atomic mass is 32.2. The van der Waals surface area contributed by atoms with E-state index in [9.17, 15) is 4.79 Å². The van der Waals surface area contributed by atoms with Crippen molar-refractivity contribution in [1.82, 2.24) is 15.5 Å². The van der Waals surface area contributed by atoms with Crippen LogP contribution in [0.5, 0.6) is 0 Å². The molecule has 2 saturated heterocycles. The number of amides is 1. The van der Waals surface area contributed by atoms with Crippen LogP contribution >= 0.6 is 24.0 Å². The molecule has 1 aromatic rings. The molecule has 1 saturated carbocycles. The maximum atomic E-state index is 12.8. The summed E-state index contributed by atoms with van der Waals surface area (Å²) in [6.45, 7) is 4.55. The number of morpholine rings is 1. The molecule has 0 bridgehead atoms. The molecule has 0 unspecified atom stereocenters. The van der Waals surface area contributed by atoms with Gasteiger partial charge in [0.05, 0.1) is 25.3 Å². The lowest BCUT2D eigenvalue weighted by molar-refractivity contribution is -0.122. The third-order valence-electron chi connectivity index (χ3n) is 6.99. The van der Waals surface area contributed by atoms with Gasteiger partial charge in [0.15, 0.2) is 0 Å². The highest BCUT2D eigenvalue weighted by Crippen LogP contribution is 2.28. The van der Waals surface area contributed by atoms with Gasteiger partial charge < -0.3 is 15.4 Å². The van der Waals surface area contributed by atoms with Crippen LogP contribution in [-0.2, 0) is 16.1 Å². The van der Waals surface area contributed by atoms with Gasteiger partial charge in [0.25, 0.3) is 0 Å². The van der Waals surface area contributed by atoms with Crippen molar-refractivity contribution in [2.75, 3.05) is 43.2 Å². The van der Waals surface area contributed by atoms with Gasteiger partial charge in [0.2, 0.25) is 5.91 Å². The zero-order valence-electron chi connectivity index (χ0n) is 19.5. The Morgan fingerprint density at radius 2 is 1.94 bits per heavy atom. The molecule has 2 aliphatic heterocycles. The van der Waals surface area contributed by atoms with Crippen LogP contribution < -0.4 is 16.0 Å². The molecule has 6 nitrogen and oxygen atoms in total. The van der Waals surface area contributed by atoms with Crippen molar-refractivity contribution in [3.8, 4) is 0 Å². The van der Waals surface area contributed by atoms with Gasteiger partial charge in [-0.15, -0.1) is 11.8 Å². The van der Waals surface area contributed by atoms with E-state index in [0.29, 0.717) is 4.99 Å². The van der Waals surface area contributed by atoms with Gasteiger partial charge in [-0.3, -0.25) is 15.0 Å². The number of nitrogens with zero attached hydrogens (tertiary/aromatic N) is 1. The van der Waals surface area contributed by atoms with Gasteiger partial charge in [-0.05, 0) is 36.5 Å². The van der Waals surface area contributed by atoms with Crippen LogP contribution in [0.1, 0.15) is 50.5 Å². The van der Waals surface area contributed by atoms with E-state index in [1.54, 1.807) is 11.8 Å². The first-order chi connectivity index (χ1) is 16.2. The van der Waals surface area contributed by atoms with Gasteiger partial charge in [-0.2, -0.15) is 0 Å². The van der Waals surface area contributed by atoms with E-state index in [0.717, 1.165) is 68.9 Å². The van der Waals surface area contributed by atoms with Crippen molar-refractivity contribution in [2.45, 2.75) is 63.6 Å². The number of hydrogen-bond donors (Lipinski definition) is 3. The first kappa shape index (κ1) is 24.9. The normalized spacial score (nSPS) is 23.2. The van der Waals surface area contributed by atoms with E-state index in [2.05, 4.69) is 45.1 Å². The minimum atomic E-state index is -0.130. The van der Waals surface area contributed by atoms with Crippen LogP contribution in [-0.4, -0.2) is 65.8 Å². The first-order valence-electron chi connectivity index (χ1n) is 12.5. The number of nitrogens with one attached hydrogen (secondary N) is 3. The summed E-state index contributed by atoms with van der Waals surface area (Å²) in [5.41, 5.74) is 2.28. The zero-order valence-corrected chi connectivity index (χ0v) is 21.2. The molecule has 3 N–H and O–H groups in total. The molecule has 1 aromatic carbocycles. The number of carbonyl (C=O) groups excluding carboxylic acids is 1. The van der Waals surface area contributed by atoms with Gasteiger partial charge in [0.1, 0.15) is 4.99 Å². The van der Waals surface area contributed by atoms with Crippen LogP contribution in [0.3, 0.4) is 0 Å². The number of rotatable bonds is 9. The monoisotopic (exact) mass is 490 g/mol. The first-order valence-corrected chi connectivity index (χ1v) is 14.0. The third-order valence-corrected chi connectivity index (χ3v) is 8.31. The summed E-state index contributed by atoms with van der Waals surface area (Å²) in [6.07, 6.45) is 8.69. The van der Waals surface area contributed by atoms with Crippen LogP contribution in [0.4, 0.5) is 5.69 Å². The van der Waals surface area contributed by atoms with E-state index >= 15 is 0 Å².